The number of hydrogen-bond acceptors (Lipinski definition) is 6. The molecular weight excluding hydrogens is 875 g/mol. The summed E-state index contributed by atoms with van der Waals surface area (Å²) in [4.78, 5) is 24.2. The van der Waals surface area contributed by atoms with Crippen LogP contribution in [0.25, 0.3) is 0 Å². The number of carbonyl (C=O) groups excluding carboxylic acids is 2. The van der Waals surface area contributed by atoms with Gasteiger partial charge in [0, 0.05) is 5.97 Å². The maximum atomic E-state index is 12.7. The summed E-state index contributed by atoms with van der Waals surface area (Å²) in [5, 5.41) is 24.2. The Kier molecular flexibility index (Phi) is 58.8. The Morgan fingerprint density at radius 3 is 0.746 bits per heavy atom. The van der Waals surface area contributed by atoms with Gasteiger partial charge in [-0.25, -0.2) is 0 Å². The van der Waals surface area contributed by atoms with E-state index in [4.69, 9.17) is 0 Å². The minimum Gasteiger partial charge on any atom is -0.550 e. The second kappa shape index (κ2) is 54.6. The smallest absolute Gasteiger partial charge is 0.550 e. The number of hydrogen-bond donors (Lipinski definition) is 1. The van der Waals surface area contributed by atoms with E-state index in [0.717, 1.165) is 44.9 Å². The molecule has 67 heavy (non-hydrogen) atoms. The fraction of sp³-hybridized carbons (Fsp3) is 0.965. The number of carboxylic acids is 2. The summed E-state index contributed by atoms with van der Waals surface area (Å²) < 4.78 is 33.1. The van der Waals surface area contributed by atoms with E-state index in [-0.39, 0.29) is 78.4 Å². The molecule has 0 radical (unpaired) electrons. The molecule has 0 aliphatic heterocycles. The summed E-state index contributed by atoms with van der Waals surface area (Å²) in [5.41, 5.74) is 0. The van der Waals surface area contributed by atoms with Crippen molar-refractivity contribution in [3.8, 4) is 0 Å². The third-order valence-electron chi connectivity index (χ3n) is 14.7. The van der Waals surface area contributed by atoms with Gasteiger partial charge >= 0.3 is 59.1 Å². The van der Waals surface area contributed by atoms with E-state index in [1.807, 2.05) is 0 Å². The van der Waals surface area contributed by atoms with Gasteiger partial charge < -0.3 is 19.8 Å². The summed E-state index contributed by atoms with van der Waals surface area (Å²) in [5.74, 6) is -4.70. The Labute approximate surface area is 462 Å². The molecule has 10 heteroatoms. The molecule has 0 amide bonds. The monoisotopic (exact) mass is 985 g/mol. The molecule has 388 valence electrons. The average Bonchev–Trinajstić information content (AvgIpc) is 3.27. The van der Waals surface area contributed by atoms with Crippen LogP contribution in [0.4, 0.5) is 0 Å². The number of unbranched alkanes of at least 4 members (excludes halogenated alkanes) is 46. The van der Waals surface area contributed by atoms with E-state index in [2.05, 4.69) is 13.8 Å². The molecule has 0 spiro atoms. The SMILES string of the molecule is CCCCCCCCCCCCCCCCCCCCCCCCCCC(CC(=O)[O-])C(CCCCCCCCCCCCCCCCCCCCCCCCCC)(C(=O)[O-])S(=O)(=O)O.[Na+].[Na+]. The maximum absolute atomic E-state index is 12.7. The number of aliphatic carboxylic acids is 2. The Morgan fingerprint density at radius 1 is 0.373 bits per heavy atom. The molecule has 0 aliphatic carbocycles. The zero-order valence-corrected chi connectivity index (χ0v) is 50.3. The van der Waals surface area contributed by atoms with Crippen molar-refractivity contribution in [3.05, 3.63) is 0 Å². The van der Waals surface area contributed by atoms with E-state index in [0.29, 0.717) is 12.8 Å². The van der Waals surface area contributed by atoms with Crippen molar-refractivity contribution >= 4 is 22.1 Å². The molecule has 0 rings (SSSR count). The largest absolute Gasteiger partial charge is 1.00 e. The van der Waals surface area contributed by atoms with Gasteiger partial charge in [0.2, 0.25) is 0 Å². The second-order valence-electron chi connectivity index (χ2n) is 20.7. The molecule has 0 heterocycles. The van der Waals surface area contributed by atoms with Crippen LogP contribution < -0.4 is 69.3 Å². The molecule has 1 N–H and O–H groups in total. The van der Waals surface area contributed by atoms with Crippen LogP contribution in [0, 0.1) is 5.92 Å². The van der Waals surface area contributed by atoms with Crippen LogP contribution in [-0.2, 0) is 19.7 Å². The number of carboxylic acid groups (broad SMARTS) is 2. The number of carbonyl (C=O) groups is 2. The van der Waals surface area contributed by atoms with E-state index in [9.17, 15) is 32.8 Å². The predicted molar refractivity (Wildman–Crippen MR) is 275 cm³/mol. The van der Waals surface area contributed by atoms with Gasteiger partial charge in [0.1, 0.15) is 4.75 Å². The maximum Gasteiger partial charge on any atom is 1.00 e. The Hall–Kier alpha value is 0.850. The molecule has 0 saturated heterocycles. The molecule has 0 fully saturated rings. The third-order valence-corrected chi connectivity index (χ3v) is 16.3. The quantitative estimate of drug-likeness (QED) is 0.0364. The molecule has 0 aliphatic rings. The Morgan fingerprint density at radius 2 is 0.567 bits per heavy atom. The fourth-order valence-electron chi connectivity index (χ4n) is 10.3. The summed E-state index contributed by atoms with van der Waals surface area (Å²) in [6, 6.07) is 0. The first-order chi connectivity index (χ1) is 31.6. The van der Waals surface area contributed by atoms with Crippen LogP contribution in [0.3, 0.4) is 0 Å². The van der Waals surface area contributed by atoms with Crippen molar-refractivity contribution in [3.63, 3.8) is 0 Å². The normalized spacial score (nSPS) is 12.9. The van der Waals surface area contributed by atoms with Crippen molar-refractivity contribution in [2.75, 3.05) is 0 Å². The summed E-state index contributed by atoms with van der Waals surface area (Å²) >= 11 is 0. The van der Waals surface area contributed by atoms with Crippen molar-refractivity contribution in [2.45, 2.75) is 346 Å². The third kappa shape index (κ3) is 45.2. The summed E-state index contributed by atoms with van der Waals surface area (Å²) in [7, 11) is -5.13. The predicted octanol–water partition coefficient (Wildman–Crippen LogP) is 10.7. The Balaban J connectivity index is -0.0000205. The number of rotatable bonds is 55. The summed E-state index contributed by atoms with van der Waals surface area (Å²) in [6.07, 6.45) is 59.0. The average molecular weight is 986 g/mol. The van der Waals surface area contributed by atoms with Gasteiger partial charge in [0.15, 0.2) is 0 Å². The van der Waals surface area contributed by atoms with E-state index in [1.165, 1.54) is 244 Å². The van der Waals surface area contributed by atoms with Crippen LogP contribution >= 0.6 is 0 Å². The zero-order chi connectivity index (χ0) is 47.8. The molecule has 0 bridgehead atoms. The Bertz CT molecular complexity index is 1140. The first-order valence-corrected chi connectivity index (χ1v) is 30.5. The van der Waals surface area contributed by atoms with Crippen molar-refractivity contribution in [1.82, 2.24) is 0 Å². The van der Waals surface area contributed by atoms with Crippen LogP contribution in [-0.4, -0.2) is 29.7 Å². The fourth-order valence-corrected chi connectivity index (χ4v) is 11.6. The first-order valence-electron chi connectivity index (χ1n) is 29.0. The van der Waals surface area contributed by atoms with Gasteiger partial charge in [-0.05, 0) is 25.2 Å². The molecule has 0 aromatic rings. The second-order valence-corrected chi connectivity index (χ2v) is 22.4. The molecule has 2 unspecified atom stereocenters. The van der Waals surface area contributed by atoms with Gasteiger partial charge in [0.05, 0.1) is 5.97 Å². The molecule has 0 saturated carbocycles. The molecule has 0 aromatic heterocycles. The van der Waals surface area contributed by atoms with Crippen molar-refractivity contribution < 1.29 is 91.9 Å². The zero-order valence-electron chi connectivity index (χ0n) is 45.4. The van der Waals surface area contributed by atoms with Crippen molar-refractivity contribution in [1.29, 1.82) is 0 Å². The van der Waals surface area contributed by atoms with Crippen LogP contribution in [0.5, 0.6) is 0 Å². The van der Waals surface area contributed by atoms with Crippen molar-refractivity contribution in [2.24, 2.45) is 5.92 Å². The molecular formula is C57H110Na2O7S. The van der Waals surface area contributed by atoms with Gasteiger partial charge in [-0.1, -0.05) is 322 Å². The topological polar surface area (TPSA) is 135 Å². The molecule has 2 atom stereocenters. The van der Waals surface area contributed by atoms with E-state index in [1.54, 1.807) is 0 Å². The minimum absolute atomic E-state index is 0. The van der Waals surface area contributed by atoms with Gasteiger partial charge in [-0.15, -0.1) is 0 Å². The van der Waals surface area contributed by atoms with E-state index < -0.39 is 39.1 Å². The standard InChI is InChI=1S/C57H112O7S.2Na/c1-3-5-7-9-11-13-15-17-19-21-23-25-27-29-31-33-35-37-39-41-43-45-47-49-51-54(53-55(58)59)57(56(60)61,65(62,63)64)52-50-48-46-44-42-40-38-36-34-32-30-28-26-24-22-20-18-16-14-12-10-8-6-4-2;;/h54H,3-53H2,1-2H3,(H,58,59)(H,60,61)(H,62,63,64);;/q;2*+1/p-2. The van der Waals surface area contributed by atoms with Gasteiger partial charge in [-0.2, -0.15) is 8.42 Å². The van der Waals surface area contributed by atoms with Crippen LogP contribution in [0.1, 0.15) is 341 Å². The van der Waals surface area contributed by atoms with E-state index >= 15 is 0 Å². The summed E-state index contributed by atoms with van der Waals surface area (Å²) in [6.45, 7) is 4.56. The molecule has 0 aromatic carbocycles. The first kappa shape index (κ1) is 72.1. The van der Waals surface area contributed by atoms with Crippen LogP contribution in [0.15, 0.2) is 0 Å². The molecule has 7 nitrogen and oxygen atoms in total. The van der Waals surface area contributed by atoms with Gasteiger partial charge in [-0.3, -0.25) is 4.55 Å². The van der Waals surface area contributed by atoms with Gasteiger partial charge in [0.25, 0.3) is 10.1 Å². The minimum atomic E-state index is -5.13. The van der Waals surface area contributed by atoms with Crippen LogP contribution in [0.2, 0.25) is 0 Å².